The summed E-state index contributed by atoms with van der Waals surface area (Å²) in [6.45, 7) is 2.16. The van der Waals surface area contributed by atoms with Gasteiger partial charge in [0.25, 0.3) is 0 Å². The van der Waals surface area contributed by atoms with Gasteiger partial charge in [-0.3, -0.25) is 4.98 Å². The van der Waals surface area contributed by atoms with Crippen LogP contribution < -0.4 is 0 Å². The quantitative estimate of drug-likeness (QED) is 0.516. The van der Waals surface area contributed by atoms with Crippen molar-refractivity contribution >= 4 is 18.6 Å². The minimum Gasteiger partial charge on any atom is -0.750 e. The zero-order valence-electron chi connectivity index (χ0n) is 9.43. The lowest BCUT2D eigenvalue weighted by Crippen LogP contribution is -2.02. The number of halogens is 4. The maximum atomic E-state index is 9.75. The van der Waals surface area contributed by atoms with Crippen LogP contribution in [-0.4, -0.2) is 25.6 Å². The largest absolute Gasteiger partial charge is 0.750 e. The van der Waals surface area contributed by atoms with E-state index in [1.165, 1.54) is 12.1 Å². The molecule has 1 aromatic heterocycles. The van der Waals surface area contributed by atoms with Gasteiger partial charge in [-0.05, 0) is 18.6 Å². The van der Waals surface area contributed by atoms with Crippen molar-refractivity contribution in [3.05, 3.63) is 30.1 Å². The molecule has 1 N–H and O–H groups in total. The van der Waals surface area contributed by atoms with Crippen molar-refractivity contribution in [3.63, 3.8) is 0 Å². The molecule has 106 valence electrons. The first-order valence-corrected chi connectivity index (χ1v) is 5.75. The minimum absolute atomic E-state index is 1.10. The Kier molecular flexibility index (Phi) is 11.9. The summed E-state index contributed by atoms with van der Waals surface area (Å²) in [7, 11) is -6.00. The van der Waals surface area contributed by atoms with Crippen molar-refractivity contribution in [2.75, 3.05) is 0 Å². The van der Waals surface area contributed by atoms with E-state index in [2.05, 4.69) is 18.0 Å². The molecule has 0 radical (unpaired) electrons. The monoisotopic (exact) mass is 289 g/mol. The molecule has 0 aromatic carbocycles. The van der Waals surface area contributed by atoms with E-state index in [1.54, 1.807) is 0 Å². The second-order valence-corrected chi connectivity index (χ2v) is 3.22. The first-order chi connectivity index (χ1) is 8.16. The molecular weight excluding hydrogens is 277 g/mol. The molecule has 1 rings (SSSR count). The van der Waals surface area contributed by atoms with E-state index in [1.807, 2.05) is 18.3 Å². The number of aromatic nitrogens is 1. The Morgan fingerprint density at radius 1 is 1.39 bits per heavy atom. The molecule has 1 unspecified atom stereocenters. The molecule has 0 spiro atoms. The molecule has 10 heteroatoms. The molecule has 0 aliphatic carbocycles. The molecule has 18 heavy (non-hydrogen) atoms. The standard InChI is InChI=1S/C8H11N.BF4.H2O3S/c1-2-5-8-6-3-4-7-9-8;2-1(3,4)5;1-4(2)3/h3-4,6-7H,2,5H2,1H3;;(H2,1,2,3)/q;-1;/p-1. The van der Waals surface area contributed by atoms with Crippen LogP contribution in [0.25, 0.3) is 0 Å². The van der Waals surface area contributed by atoms with E-state index in [0.717, 1.165) is 6.42 Å². The third kappa shape index (κ3) is 29.4. The Hall–Kier alpha value is -0.995. The maximum absolute atomic E-state index is 9.75. The number of aryl methyl sites for hydroxylation is 1. The number of hydrogen-bond acceptors (Lipinski definition) is 3. The number of pyridine rings is 1. The highest BCUT2D eigenvalue weighted by molar-refractivity contribution is 7.73. The lowest BCUT2D eigenvalue weighted by molar-refractivity contribution is 0.368. The van der Waals surface area contributed by atoms with Crippen LogP contribution in [0.2, 0.25) is 0 Å². The molecule has 4 nitrogen and oxygen atoms in total. The predicted molar refractivity (Wildman–Crippen MR) is 60.0 cm³/mol. The van der Waals surface area contributed by atoms with Gasteiger partial charge in [0.15, 0.2) is 0 Å². The van der Waals surface area contributed by atoms with Crippen LogP contribution in [0.1, 0.15) is 19.0 Å². The second-order valence-electron chi connectivity index (χ2n) is 2.78. The van der Waals surface area contributed by atoms with Crippen LogP contribution in [0.15, 0.2) is 24.4 Å². The van der Waals surface area contributed by atoms with Gasteiger partial charge in [-0.25, -0.2) is 4.21 Å². The number of rotatable bonds is 2. The average molecular weight is 289 g/mol. The molecule has 1 aromatic rings. The van der Waals surface area contributed by atoms with Gasteiger partial charge in [0, 0.05) is 11.9 Å². The van der Waals surface area contributed by atoms with Gasteiger partial charge in [-0.15, -0.1) is 0 Å². The van der Waals surface area contributed by atoms with Gasteiger partial charge in [0.05, 0.1) is 11.4 Å². The molecule has 0 bridgehead atoms. The Labute approximate surface area is 105 Å². The topological polar surface area (TPSA) is 73.2 Å². The lowest BCUT2D eigenvalue weighted by Gasteiger charge is -1.94. The van der Waals surface area contributed by atoms with Crippen molar-refractivity contribution < 1.29 is 30.6 Å². The van der Waals surface area contributed by atoms with Crippen molar-refractivity contribution in [1.82, 2.24) is 4.98 Å². The van der Waals surface area contributed by atoms with Gasteiger partial charge in [-0.2, -0.15) is 0 Å². The summed E-state index contributed by atoms with van der Waals surface area (Å²) in [5.41, 5.74) is 1.19. The average Bonchev–Trinajstić information content (AvgIpc) is 2.16. The highest BCUT2D eigenvalue weighted by Gasteiger charge is 2.20. The zero-order valence-corrected chi connectivity index (χ0v) is 10.2. The van der Waals surface area contributed by atoms with Gasteiger partial charge >= 0.3 is 7.25 Å². The van der Waals surface area contributed by atoms with Gasteiger partial charge in [-0.1, -0.05) is 19.4 Å². The molecule has 0 fully saturated rings. The van der Waals surface area contributed by atoms with E-state index < -0.39 is 18.6 Å². The number of hydrogen-bond donors (Lipinski definition) is 1. The van der Waals surface area contributed by atoms with E-state index in [-0.39, 0.29) is 0 Å². The summed E-state index contributed by atoms with van der Waals surface area (Å²) in [6, 6.07) is 6.03. The smallest absolute Gasteiger partial charge is 0.673 e. The van der Waals surface area contributed by atoms with Crippen molar-refractivity contribution in [2.45, 2.75) is 19.8 Å². The molecule has 0 aliphatic heterocycles. The van der Waals surface area contributed by atoms with E-state index in [4.69, 9.17) is 13.3 Å². The van der Waals surface area contributed by atoms with Crippen LogP contribution in [0.3, 0.4) is 0 Å². The van der Waals surface area contributed by atoms with Gasteiger partial charge in [0.2, 0.25) is 0 Å². The van der Waals surface area contributed by atoms with Gasteiger partial charge in [0.1, 0.15) is 0 Å². The number of nitrogens with zero attached hydrogens (tertiary/aromatic N) is 1. The lowest BCUT2D eigenvalue weighted by atomic mass is 10.2. The van der Waals surface area contributed by atoms with Crippen LogP contribution >= 0.6 is 0 Å². The minimum atomic E-state index is -6.00. The van der Waals surface area contributed by atoms with Crippen molar-refractivity contribution in [2.24, 2.45) is 0 Å². The molecule has 0 aliphatic rings. The highest BCUT2D eigenvalue weighted by Crippen LogP contribution is 2.06. The third-order valence-corrected chi connectivity index (χ3v) is 1.23. The fourth-order valence-corrected chi connectivity index (χ4v) is 0.802. The predicted octanol–water partition coefficient (Wildman–Crippen LogP) is 2.67. The molecule has 0 saturated heterocycles. The highest BCUT2D eigenvalue weighted by atomic mass is 32.2. The third-order valence-electron chi connectivity index (χ3n) is 1.23. The Balaban J connectivity index is 0. The van der Waals surface area contributed by atoms with E-state index in [9.17, 15) is 17.3 Å². The summed E-state index contributed by atoms with van der Waals surface area (Å²) < 4.78 is 63.1. The van der Waals surface area contributed by atoms with E-state index in [0.29, 0.717) is 0 Å². The maximum Gasteiger partial charge on any atom is 0.673 e. The fourth-order valence-electron chi connectivity index (χ4n) is 0.802. The Morgan fingerprint density at radius 3 is 2.11 bits per heavy atom. The summed E-state index contributed by atoms with van der Waals surface area (Å²) in [4.78, 5) is 4.17. The van der Waals surface area contributed by atoms with Crippen LogP contribution in [0.4, 0.5) is 17.3 Å². The Bertz CT molecular complexity index is 316. The summed E-state index contributed by atoms with van der Waals surface area (Å²) >= 11 is -2.86. The second kappa shape index (κ2) is 11.1. The van der Waals surface area contributed by atoms with Crippen molar-refractivity contribution in [3.8, 4) is 0 Å². The molecule has 1 atom stereocenters. The normalized spacial score (nSPS) is 11.5. The molecular formula is C8H12BF4NO3S-2. The van der Waals surface area contributed by atoms with Crippen LogP contribution in [0.5, 0.6) is 0 Å². The van der Waals surface area contributed by atoms with E-state index >= 15 is 0 Å². The first-order valence-electron chi connectivity index (χ1n) is 4.72. The van der Waals surface area contributed by atoms with Crippen LogP contribution in [0, 0.1) is 0 Å². The summed E-state index contributed by atoms with van der Waals surface area (Å²) in [5.74, 6) is 0. The molecule has 1 heterocycles. The first kappa shape index (κ1) is 19.3. The molecule has 0 amide bonds. The van der Waals surface area contributed by atoms with Crippen molar-refractivity contribution in [1.29, 1.82) is 0 Å². The van der Waals surface area contributed by atoms with Crippen LogP contribution in [-0.2, 0) is 17.8 Å². The SMILES string of the molecule is CCCc1ccccn1.F[B-](F)(F)F.O=S([O-])O. The summed E-state index contributed by atoms with van der Waals surface area (Å²) in [6.07, 6.45) is 4.11. The Morgan fingerprint density at radius 2 is 1.83 bits per heavy atom. The van der Waals surface area contributed by atoms with Gasteiger partial charge < -0.3 is 26.4 Å². The zero-order chi connectivity index (χ0) is 14.6. The molecule has 0 saturated carbocycles. The fraction of sp³-hybridized carbons (Fsp3) is 0.375. The summed E-state index contributed by atoms with van der Waals surface area (Å²) in [5, 5.41) is 0.